The molecule has 2 aromatic rings. The number of fused-ring (bicyclic) bond motifs is 1. The van der Waals surface area contributed by atoms with Gasteiger partial charge >= 0.3 is 5.97 Å². The Kier molecular flexibility index (Phi) is 5.75. The van der Waals surface area contributed by atoms with E-state index in [1.54, 1.807) is 6.20 Å². The minimum atomic E-state index is -0.871. The van der Waals surface area contributed by atoms with E-state index in [2.05, 4.69) is 15.9 Å². The molecule has 1 aromatic carbocycles. The highest BCUT2D eigenvalue weighted by Gasteiger charge is 2.24. The summed E-state index contributed by atoms with van der Waals surface area (Å²) in [4.78, 5) is 11.2. The van der Waals surface area contributed by atoms with Crippen molar-refractivity contribution >= 4 is 44.4 Å². The number of carbonyl (C=O) groups is 1. The number of hydrogen-bond donors (Lipinski definition) is 2. The van der Waals surface area contributed by atoms with Crippen molar-refractivity contribution in [2.75, 3.05) is 0 Å². The Hall–Kier alpha value is -1.20. The smallest absolute Gasteiger partial charge is 0.305 e. The minimum Gasteiger partial charge on any atom is -0.506 e. The van der Waals surface area contributed by atoms with Gasteiger partial charge in [0.15, 0.2) is 0 Å². The molecule has 0 spiro atoms. The molecule has 1 heterocycles. The molecule has 0 radical (unpaired) electrons. The molecule has 22 heavy (non-hydrogen) atoms. The van der Waals surface area contributed by atoms with Gasteiger partial charge in [-0.15, -0.1) is 11.6 Å². The first-order valence-electron chi connectivity index (χ1n) is 7.22. The van der Waals surface area contributed by atoms with Gasteiger partial charge in [0.1, 0.15) is 5.75 Å². The van der Waals surface area contributed by atoms with Crippen LogP contribution >= 0.6 is 27.5 Å². The average Bonchev–Trinajstić information content (AvgIpc) is 2.83. The molecule has 1 aromatic heterocycles. The van der Waals surface area contributed by atoms with E-state index in [1.165, 1.54) is 0 Å². The molecule has 0 aliphatic heterocycles. The van der Waals surface area contributed by atoms with Crippen LogP contribution in [-0.2, 0) is 4.79 Å². The number of hydrogen-bond acceptors (Lipinski definition) is 2. The van der Waals surface area contributed by atoms with Gasteiger partial charge in [-0.3, -0.25) is 4.79 Å². The summed E-state index contributed by atoms with van der Waals surface area (Å²) in [6, 6.07) is 7.14. The Morgan fingerprint density at radius 1 is 1.41 bits per heavy atom. The van der Waals surface area contributed by atoms with Crippen molar-refractivity contribution in [1.82, 2.24) is 4.57 Å². The van der Waals surface area contributed by atoms with Crippen LogP contribution in [0.4, 0.5) is 0 Å². The summed E-state index contributed by atoms with van der Waals surface area (Å²) in [6.45, 7) is 2.00. The molecular formula is C16H19BrClNO3. The third-order valence-corrected chi connectivity index (χ3v) is 5.73. The van der Waals surface area contributed by atoms with Crippen LogP contribution < -0.4 is 0 Å². The molecule has 0 fully saturated rings. The Morgan fingerprint density at radius 2 is 2.09 bits per heavy atom. The van der Waals surface area contributed by atoms with Crippen molar-refractivity contribution in [1.29, 1.82) is 0 Å². The summed E-state index contributed by atoms with van der Waals surface area (Å²) in [5, 5.41) is 19.9. The van der Waals surface area contributed by atoms with E-state index in [4.69, 9.17) is 11.6 Å². The summed E-state index contributed by atoms with van der Waals surface area (Å²) < 4.78 is 1.84. The molecule has 0 saturated heterocycles. The van der Waals surface area contributed by atoms with Gasteiger partial charge in [0.25, 0.3) is 0 Å². The van der Waals surface area contributed by atoms with Crippen LogP contribution in [0.15, 0.2) is 30.5 Å². The second-order valence-electron chi connectivity index (χ2n) is 5.37. The van der Waals surface area contributed by atoms with Gasteiger partial charge in [-0.05, 0) is 25.0 Å². The quantitative estimate of drug-likeness (QED) is 0.685. The fraction of sp³-hybridized carbons (Fsp3) is 0.438. The number of aromatic nitrogens is 1. The maximum atomic E-state index is 11.2. The third-order valence-electron chi connectivity index (χ3n) is 3.80. The second-order valence-corrected chi connectivity index (χ2v) is 7.10. The van der Waals surface area contributed by atoms with Crippen molar-refractivity contribution < 1.29 is 15.0 Å². The number of aliphatic carboxylic acids is 1. The number of para-hydroxylation sites is 1. The van der Waals surface area contributed by atoms with Gasteiger partial charge < -0.3 is 14.8 Å². The van der Waals surface area contributed by atoms with E-state index < -0.39 is 5.97 Å². The van der Waals surface area contributed by atoms with Crippen LogP contribution in [0.25, 0.3) is 10.9 Å². The Bertz CT molecular complexity index is 658. The fourth-order valence-electron chi connectivity index (χ4n) is 2.65. The number of rotatable bonds is 7. The topological polar surface area (TPSA) is 62.5 Å². The summed E-state index contributed by atoms with van der Waals surface area (Å²) in [5.74, 6) is -0.709. The maximum Gasteiger partial charge on any atom is 0.305 e. The van der Waals surface area contributed by atoms with Crippen LogP contribution in [0.2, 0.25) is 0 Å². The molecule has 2 N–H and O–H groups in total. The zero-order valence-corrected chi connectivity index (χ0v) is 14.6. The molecule has 4 nitrogen and oxygen atoms in total. The van der Waals surface area contributed by atoms with E-state index in [0.717, 1.165) is 17.3 Å². The Balaban J connectivity index is 2.37. The number of nitrogens with zero attached hydrogens (tertiary/aromatic N) is 1. The van der Waals surface area contributed by atoms with Crippen molar-refractivity contribution in [3.8, 4) is 5.75 Å². The predicted molar refractivity (Wildman–Crippen MR) is 92.2 cm³/mol. The monoisotopic (exact) mass is 387 g/mol. The van der Waals surface area contributed by atoms with E-state index in [0.29, 0.717) is 6.42 Å². The van der Waals surface area contributed by atoms with Gasteiger partial charge in [0, 0.05) is 27.8 Å². The largest absolute Gasteiger partial charge is 0.506 e. The summed E-state index contributed by atoms with van der Waals surface area (Å²) in [6.07, 6.45) is 2.96. The number of carboxylic acid groups (broad SMARTS) is 1. The van der Waals surface area contributed by atoms with Crippen molar-refractivity contribution in [2.24, 2.45) is 0 Å². The molecule has 0 amide bonds. The lowest BCUT2D eigenvalue weighted by atomic mass is 10.0. The Morgan fingerprint density at radius 3 is 2.73 bits per heavy atom. The molecular weight excluding hydrogens is 370 g/mol. The highest BCUT2D eigenvalue weighted by molar-refractivity contribution is 9.09. The average molecular weight is 389 g/mol. The van der Waals surface area contributed by atoms with Crippen LogP contribution in [-0.4, -0.2) is 31.0 Å². The summed E-state index contributed by atoms with van der Waals surface area (Å²) >= 11 is 9.82. The molecule has 0 aliphatic carbocycles. The SMILES string of the molecule is CCC(Cl)C(Br)CC(CC(=O)O)n1cc(O)c2ccccc21. The van der Waals surface area contributed by atoms with Gasteiger partial charge in [0.2, 0.25) is 0 Å². The molecule has 0 bridgehead atoms. The number of alkyl halides is 2. The first-order chi connectivity index (χ1) is 10.4. The van der Waals surface area contributed by atoms with Crippen molar-refractivity contribution in [3.63, 3.8) is 0 Å². The highest BCUT2D eigenvalue weighted by Crippen LogP contribution is 2.34. The van der Waals surface area contributed by atoms with E-state index in [-0.39, 0.29) is 28.4 Å². The standard InChI is InChI=1S/C16H19BrClNO3/c1-2-13(18)12(17)7-10(8-16(21)22)19-9-15(20)11-5-3-4-6-14(11)19/h3-6,9-10,12-13,20H,2,7-8H2,1H3,(H,21,22). The molecule has 6 heteroatoms. The minimum absolute atomic E-state index is 0.00632. The molecule has 0 saturated carbocycles. The number of halogens is 2. The normalized spacial score (nSPS) is 15.6. The lowest BCUT2D eigenvalue weighted by molar-refractivity contribution is -0.137. The number of benzene rings is 1. The zero-order valence-electron chi connectivity index (χ0n) is 12.2. The first kappa shape index (κ1) is 17.2. The summed E-state index contributed by atoms with van der Waals surface area (Å²) in [7, 11) is 0. The highest BCUT2D eigenvalue weighted by atomic mass is 79.9. The number of aromatic hydroxyl groups is 1. The van der Waals surface area contributed by atoms with E-state index >= 15 is 0 Å². The molecule has 2 rings (SSSR count). The van der Waals surface area contributed by atoms with E-state index in [9.17, 15) is 15.0 Å². The van der Waals surface area contributed by atoms with Gasteiger partial charge in [0.05, 0.1) is 11.9 Å². The van der Waals surface area contributed by atoms with Gasteiger partial charge in [-0.25, -0.2) is 0 Å². The molecule has 0 aliphatic rings. The maximum absolute atomic E-state index is 11.2. The zero-order chi connectivity index (χ0) is 16.3. The fourth-order valence-corrected chi connectivity index (χ4v) is 3.56. The van der Waals surface area contributed by atoms with Gasteiger partial charge in [-0.1, -0.05) is 35.0 Å². The molecule has 3 unspecified atom stereocenters. The lowest BCUT2D eigenvalue weighted by Gasteiger charge is -2.23. The predicted octanol–water partition coefficient (Wildman–Crippen LogP) is 4.53. The van der Waals surface area contributed by atoms with Crippen molar-refractivity contribution in [2.45, 2.75) is 42.4 Å². The summed E-state index contributed by atoms with van der Waals surface area (Å²) in [5.41, 5.74) is 0.827. The van der Waals surface area contributed by atoms with Crippen molar-refractivity contribution in [3.05, 3.63) is 30.5 Å². The second kappa shape index (κ2) is 7.38. The first-order valence-corrected chi connectivity index (χ1v) is 8.57. The van der Waals surface area contributed by atoms with Crippen LogP contribution in [0.5, 0.6) is 5.75 Å². The van der Waals surface area contributed by atoms with Crippen LogP contribution in [0.3, 0.4) is 0 Å². The number of carboxylic acids is 1. The van der Waals surface area contributed by atoms with Crippen LogP contribution in [0.1, 0.15) is 32.2 Å². The lowest BCUT2D eigenvalue weighted by Crippen LogP contribution is -2.22. The van der Waals surface area contributed by atoms with Gasteiger partial charge in [-0.2, -0.15) is 0 Å². The third kappa shape index (κ3) is 3.76. The Labute approximate surface area is 142 Å². The molecule has 120 valence electrons. The van der Waals surface area contributed by atoms with E-state index in [1.807, 2.05) is 35.8 Å². The van der Waals surface area contributed by atoms with Crippen LogP contribution in [0, 0.1) is 0 Å². The molecule has 3 atom stereocenters.